The van der Waals surface area contributed by atoms with Gasteiger partial charge in [-0.05, 0) is 24.5 Å². The molecule has 8 heteroatoms. The van der Waals surface area contributed by atoms with E-state index in [0.717, 1.165) is 12.4 Å². The molecule has 4 rings (SSSR count). The lowest BCUT2D eigenvalue weighted by Crippen LogP contribution is -3.00. The average molecular weight is 549 g/mol. The highest BCUT2D eigenvalue weighted by Gasteiger charge is 2.54. The predicted molar refractivity (Wildman–Crippen MR) is 123 cm³/mol. The van der Waals surface area contributed by atoms with Crippen LogP contribution in [0.1, 0.15) is 41.8 Å². The third-order valence-electron chi connectivity index (χ3n) is 6.82. The number of hydrogen-bond donors (Lipinski definition) is 1. The van der Waals surface area contributed by atoms with Crippen molar-refractivity contribution in [2.75, 3.05) is 6.61 Å². The Labute approximate surface area is 215 Å². The van der Waals surface area contributed by atoms with Crippen LogP contribution in [0.25, 0.3) is 0 Å². The second-order valence-corrected chi connectivity index (χ2v) is 9.22. The van der Waals surface area contributed by atoms with Gasteiger partial charge in [-0.15, -0.1) is 0 Å². The summed E-state index contributed by atoms with van der Waals surface area (Å²) in [5.41, 5.74) is 0.583. The summed E-state index contributed by atoms with van der Waals surface area (Å²) in [5, 5.41) is 11.4. The van der Waals surface area contributed by atoms with Gasteiger partial charge in [0, 0.05) is 25.7 Å². The van der Waals surface area contributed by atoms with Crippen molar-refractivity contribution >= 4 is 5.97 Å². The number of nitrogens with zero attached hydrogens (tertiary/aromatic N) is 2. The molecule has 1 saturated carbocycles. The number of ether oxygens (including phenoxy) is 1. The van der Waals surface area contributed by atoms with Crippen LogP contribution in [-0.4, -0.2) is 28.2 Å². The van der Waals surface area contributed by atoms with Crippen molar-refractivity contribution in [3.05, 3.63) is 89.5 Å². The van der Waals surface area contributed by atoms with Gasteiger partial charge in [0.2, 0.25) is 5.92 Å². The van der Waals surface area contributed by atoms with Crippen molar-refractivity contribution in [2.24, 2.45) is 5.92 Å². The van der Waals surface area contributed by atoms with Crippen molar-refractivity contribution < 1.29 is 45.0 Å². The first-order valence-corrected chi connectivity index (χ1v) is 11.6. The van der Waals surface area contributed by atoms with Gasteiger partial charge < -0.3 is 26.8 Å². The van der Waals surface area contributed by atoms with E-state index in [-0.39, 0.29) is 42.0 Å². The number of aliphatic hydroxyl groups is 1. The van der Waals surface area contributed by atoms with E-state index in [9.17, 15) is 18.7 Å². The molecule has 35 heavy (non-hydrogen) atoms. The number of carbonyl (C=O) groups is 1. The summed E-state index contributed by atoms with van der Waals surface area (Å²) in [6.07, 6.45) is 3.06. The third-order valence-corrected chi connectivity index (χ3v) is 6.82. The van der Waals surface area contributed by atoms with Crippen LogP contribution >= 0.6 is 0 Å². The fraction of sp³-hybridized carbons (Fsp3) is 0.407. The second kappa shape index (κ2) is 11.0. The molecule has 0 unspecified atom stereocenters. The first-order chi connectivity index (χ1) is 16.2. The quantitative estimate of drug-likeness (QED) is 0.341. The molecular weight excluding hydrogens is 518 g/mol. The zero-order valence-corrected chi connectivity index (χ0v) is 21.5. The Balaban J connectivity index is 0.00000342. The van der Waals surface area contributed by atoms with Crippen LogP contribution in [0.3, 0.4) is 0 Å². The van der Waals surface area contributed by atoms with Gasteiger partial charge in [0.25, 0.3) is 5.82 Å². The zero-order valence-electron chi connectivity index (χ0n) is 20.0. The molecule has 2 aromatic carbocycles. The Morgan fingerprint density at radius 3 is 2.49 bits per heavy atom. The van der Waals surface area contributed by atoms with Gasteiger partial charge in [-0.3, -0.25) is 0 Å². The number of benzene rings is 2. The molecule has 0 amide bonds. The van der Waals surface area contributed by atoms with Gasteiger partial charge >= 0.3 is 5.97 Å². The summed E-state index contributed by atoms with van der Waals surface area (Å²) in [4.78, 5) is 13.1. The molecule has 1 heterocycles. The molecule has 0 aliphatic heterocycles. The summed E-state index contributed by atoms with van der Waals surface area (Å²) >= 11 is 0. The SMILES string of the molecule is Cc1ccc(C[n+]2ccn(CCOC(=O)[C@](O)(c3ccccc3)[C@@H]3CCC(F)(F)C3)c2C)cc1.[Br-]. The largest absolute Gasteiger partial charge is 1.00 e. The molecule has 1 fully saturated rings. The monoisotopic (exact) mass is 548 g/mol. The van der Waals surface area contributed by atoms with Crippen molar-refractivity contribution in [3.8, 4) is 0 Å². The van der Waals surface area contributed by atoms with E-state index in [1.165, 1.54) is 11.1 Å². The van der Waals surface area contributed by atoms with E-state index < -0.39 is 29.8 Å². The smallest absolute Gasteiger partial charge is 0.343 e. The van der Waals surface area contributed by atoms with E-state index in [0.29, 0.717) is 6.54 Å². The Morgan fingerprint density at radius 2 is 1.86 bits per heavy atom. The molecular formula is C27H31BrF2N2O3. The Morgan fingerprint density at radius 1 is 1.17 bits per heavy atom. The standard InChI is InChI=1S/C27H31F2N2O3.BrH/c1-20-8-10-22(11-9-20)19-31-15-14-30(21(31)2)16-17-34-25(32)27(33,23-6-4-3-5-7-23)24-12-13-26(28,29)18-24;/h3-11,14-15,24,33H,12-13,16-19H2,1-2H3;1H/q+1;/p-1/t24-,27+;/m1./s1. The summed E-state index contributed by atoms with van der Waals surface area (Å²) in [6, 6.07) is 16.6. The minimum atomic E-state index is -2.89. The highest BCUT2D eigenvalue weighted by atomic mass is 79.9. The molecule has 1 aliphatic rings. The minimum Gasteiger partial charge on any atom is -1.00 e. The molecule has 188 valence electrons. The Bertz CT molecular complexity index is 1140. The summed E-state index contributed by atoms with van der Waals surface area (Å²) in [6.45, 7) is 5.18. The number of halogens is 3. The number of aryl methyl sites for hydroxylation is 1. The maximum atomic E-state index is 13.9. The van der Waals surface area contributed by atoms with E-state index in [1.807, 2.05) is 23.9 Å². The Hall–Kier alpha value is -2.58. The summed E-state index contributed by atoms with van der Waals surface area (Å²) < 4.78 is 37.4. The van der Waals surface area contributed by atoms with E-state index in [2.05, 4.69) is 35.8 Å². The first kappa shape index (κ1) is 27.0. The van der Waals surface area contributed by atoms with Crippen LogP contribution < -0.4 is 21.5 Å². The molecule has 0 saturated heterocycles. The van der Waals surface area contributed by atoms with E-state index in [1.54, 1.807) is 30.3 Å². The molecule has 1 N–H and O–H groups in total. The fourth-order valence-corrected chi connectivity index (χ4v) is 4.70. The molecule has 2 atom stereocenters. The lowest BCUT2D eigenvalue weighted by atomic mass is 9.80. The van der Waals surface area contributed by atoms with E-state index in [4.69, 9.17) is 4.74 Å². The molecule has 0 bridgehead atoms. The summed E-state index contributed by atoms with van der Waals surface area (Å²) in [7, 11) is 0. The second-order valence-electron chi connectivity index (χ2n) is 9.22. The molecule has 1 aliphatic carbocycles. The number of rotatable bonds is 8. The van der Waals surface area contributed by atoms with Crippen LogP contribution in [0, 0.1) is 19.8 Å². The minimum absolute atomic E-state index is 0. The van der Waals surface area contributed by atoms with Crippen molar-refractivity contribution in [3.63, 3.8) is 0 Å². The lowest BCUT2D eigenvalue weighted by molar-refractivity contribution is -0.694. The fourth-order valence-electron chi connectivity index (χ4n) is 4.70. The molecule has 3 aromatic rings. The number of carbonyl (C=O) groups excluding carboxylic acids is 1. The van der Waals surface area contributed by atoms with Crippen molar-refractivity contribution in [1.82, 2.24) is 4.57 Å². The first-order valence-electron chi connectivity index (χ1n) is 11.6. The number of esters is 1. The van der Waals surface area contributed by atoms with Gasteiger partial charge in [-0.1, -0.05) is 60.2 Å². The molecule has 0 spiro atoms. The zero-order chi connectivity index (χ0) is 24.3. The van der Waals surface area contributed by atoms with Gasteiger partial charge in [-0.2, -0.15) is 0 Å². The van der Waals surface area contributed by atoms with Gasteiger partial charge in [-0.25, -0.2) is 22.7 Å². The van der Waals surface area contributed by atoms with Crippen LogP contribution in [-0.2, 0) is 28.2 Å². The highest BCUT2D eigenvalue weighted by Crippen LogP contribution is 2.47. The topological polar surface area (TPSA) is 55.3 Å². The number of imidazole rings is 1. The molecule has 1 aromatic heterocycles. The van der Waals surface area contributed by atoms with Crippen LogP contribution in [0.4, 0.5) is 8.78 Å². The van der Waals surface area contributed by atoms with Crippen LogP contribution in [0.2, 0.25) is 0 Å². The maximum absolute atomic E-state index is 13.9. The van der Waals surface area contributed by atoms with Gasteiger partial charge in [0.15, 0.2) is 5.60 Å². The number of hydrogen-bond acceptors (Lipinski definition) is 3. The summed E-state index contributed by atoms with van der Waals surface area (Å²) in [5.74, 6) is -3.67. The van der Waals surface area contributed by atoms with Crippen LogP contribution in [0.15, 0.2) is 67.0 Å². The number of alkyl halides is 2. The predicted octanol–water partition coefficient (Wildman–Crippen LogP) is 1.31. The Kier molecular flexibility index (Phi) is 8.49. The van der Waals surface area contributed by atoms with Crippen molar-refractivity contribution in [1.29, 1.82) is 0 Å². The average Bonchev–Trinajstić information content (AvgIpc) is 3.37. The normalized spacial score (nSPS) is 18.5. The van der Waals surface area contributed by atoms with Gasteiger partial charge in [0.1, 0.15) is 32.1 Å². The van der Waals surface area contributed by atoms with Gasteiger partial charge in [0.05, 0.1) is 0 Å². The third kappa shape index (κ3) is 5.98. The lowest BCUT2D eigenvalue weighted by Gasteiger charge is -2.32. The highest BCUT2D eigenvalue weighted by molar-refractivity contribution is 5.81. The van der Waals surface area contributed by atoms with Crippen LogP contribution in [0.5, 0.6) is 0 Å². The maximum Gasteiger partial charge on any atom is 0.343 e. The molecule has 0 radical (unpaired) electrons. The molecule has 5 nitrogen and oxygen atoms in total. The van der Waals surface area contributed by atoms with E-state index >= 15 is 0 Å². The number of aromatic nitrogens is 2. The van der Waals surface area contributed by atoms with Crippen molar-refractivity contribution in [2.45, 2.75) is 57.7 Å².